The van der Waals surface area contributed by atoms with Crippen molar-refractivity contribution in [3.63, 3.8) is 0 Å². The van der Waals surface area contributed by atoms with Crippen LogP contribution in [0.5, 0.6) is 0 Å². The summed E-state index contributed by atoms with van der Waals surface area (Å²) in [5.41, 5.74) is 6.93. The molecule has 2 aliphatic rings. The second-order valence-electron chi connectivity index (χ2n) is 10.7. The number of allylic oxidation sites excluding steroid dienone is 2. The number of aliphatic carboxylic acids is 2. The standard InChI is InChI=1S/C15H25NO4.C10H17NO2/c1-11-5-7-15(8-6-11,9-12(17)18)10-16-13(19)20-14(2,3)4;1-8-2-4-10(7-11,5-3-8)6-9(12)13/h1,5-10H2,2-4H3,(H,16,19)(H,17,18);1-7,11H2,(H,12,13). The first-order valence-electron chi connectivity index (χ1n) is 11.6. The van der Waals surface area contributed by atoms with Gasteiger partial charge in [0.1, 0.15) is 5.60 Å². The van der Waals surface area contributed by atoms with E-state index in [4.69, 9.17) is 20.7 Å². The van der Waals surface area contributed by atoms with Gasteiger partial charge >= 0.3 is 18.0 Å². The highest BCUT2D eigenvalue weighted by Gasteiger charge is 2.36. The average molecular weight is 467 g/mol. The average Bonchev–Trinajstić information content (AvgIpc) is 2.69. The highest BCUT2D eigenvalue weighted by atomic mass is 16.6. The molecule has 0 saturated heterocycles. The van der Waals surface area contributed by atoms with Gasteiger partial charge in [0.2, 0.25) is 0 Å². The topological polar surface area (TPSA) is 139 Å². The van der Waals surface area contributed by atoms with Gasteiger partial charge in [-0.15, -0.1) is 0 Å². The van der Waals surface area contributed by atoms with Crippen LogP contribution >= 0.6 is 0 Å². The maximum atomic E-state index is 11.7. The van der Waals surface area contributed by atoms with E-state index < -0.39 is 23.6 Å². The van der Waals surface area contributed by atoms with E-state index in [9.17, 15) is 14.4 Å². The van der Waals surface area contributed by atoms with Gasteiger partial charge in [0.25, 0.3) is 0 Å². The summed E-state index contributed by atoms with van der Waals surface area (Å²) in [6, 6.07) is 0. The van der Waals surface area contributed by atoms with Gasteiger partial charge in [0.05, 0.1) is 12.8 Å². The van der Waals surface area contributed by atoms with Crippen molar-refractivity contribution >= 4 is 18.0 Å². The summed E-state index contributed by atoms with van der Waals surface area (Å²) in [7, 11) is 0. The predicted octanol–water partition coefficient (Wildman–Crippen LogP) is 4.64. The molecule has 0 bridgehead atoms. The quantitative estimate of drug-likeness (QED) is 0.401. The monoisotopic (exact) mass is 466 g/mol. The van der Waals surface area contributed by atoms with Crippen LogP contribution in [0.2, 0.25) is 0 Å². The normalized spacial score (nSPS) is 19.6. The van der Waals surface area contributed by atoms with Crippen molar-refractivity contribution in [1.29, 1.82) is 0 Å². The van der Waals surface area contributed by atoms with Crippen LogP contribution in [-0.2, 0) is 14.3 Å². The van der Waals surface area contributed by atoms with Crippen molar-refractivity contribution in [2.24, 2.45) is 16.6 Å². The highest BCUT2D eigenvalue weighted by Crippen LogP contribution is 2.41. The van der Waals surface area contributed by atoms with Crippen molar-refractivity contribution in [2.45, 2.75) is 90.6 Å². The summed E-state index contributed by atoms with van der Waals surface area (Å²) >= 11 is 0. The van der Waals surface area contributed by atoms with Gasteiger partial charge in [0.15, 0.2) is 0 Å². The Morgan fingerprint density at radius 3 is 1.67 bits per heavy atom. The minimum Gasteiger partial charge on any atom is -0.481 e. The number of carboxylic acid groups (broad SMARTS) is 2. The molecule has 5 N–H and O–H groups in total. The molecule has 0 aromatic rings. The number of carbonyl (C=O) groups excluding carboxylic acids is 1. The largest absolute Gasteiger partial charge is 0.481 e. The Labute approximate surface area is 197 Å². The van der Waals surface area contributed by atoms with Gasteiger partial charge in [-0.2, -0.15) is 0 Å². The molecule has 0 aliphatic heterocycles. The summed E-state index contributed by atoms with van der Waals surface area (Å²) < 4.78 is 5.18. The van der Waals surface area contributed by atoms with Crippen molar-refractivity contribution in [3.8, 4) is 0 Å². The molecule has 0 spiro atoms. The Bertz CT molecular complexity index is 718. The molecule has 0 heterocycles. The second-order valence-corrected chi connectivity index (χ2v) is 10.7. The van der Waals surface area contributed by atoms with Gasteiger partial charge in [-0.1, -0.05) is 24.3 Å². The Morgan fingerprint density at radius 1 is 0.909 bits per heavy atom. The molecule has 2 rings (SSSR count). The molecule has 0 radical (unpaired) electrons. The van der Waals surface area contributed by atoms with Crippen LogP contribution in [0.25, 0.3) is 0 Å². The third-order valence-electron chi connectivity index (χ3n) is 6.53. The van der Waals surface area contributed by atoms with Gasteiger partial charge in [-0.25, -0.2) is 4.79 Å². The van der Waals surface area contributed by atoms with Crippen LogP contribution in [0, 0.1) is 10.8 Å². The summed E-state index contributed by atoms with van der Waals surface area (Å²) in [4.78, 5) is 33.4. The van der Waals surface area contributed by atoms with E-state index in [0.717, 1.165) is 56.9 Å². The van der Waals surface area contributed by atoms with Gasteiger partial charge < -0.3 is 26.0 Å². The van der Waals surface area contributed by atoms with Crippen LogP contribution in [0.15, 0.2) is 24.3 Å². The number of carbonyl (C=O) groups is 3. The molecule has 0 aromatic carbocycles. The minimum absolute atomic E-state index is 0.0656. The fraction of sp³-hybridized carbons (Fsp3) is 0.720. The molecule has 33 heavy (non-hydrogen) atoms. The molecule has 8 nitrogen and oxygen atoms in total. The molecular weight excluding hydrogens is 424 g/mol. The molecule has 2 fully saturated rings. The number of hydrogen-bond acceptors (Lipinski definition) is 5. The van der Waals surface area contributed by atoms with Gasteiger partial charge in [-0.05, 0) is 89.5 Å². The van der Waals surface area contributed by atoms with Crippen molar-refractivity contribution in [1.82, 2.24) is 5.32 Å². The molecule has 1 amide bonds. The first-order chi connectivity index (χ1) is 15.2. The summed E-state index contributed by atoms with van der Waals surface area (Å²) in [6.07, 6.45) is 6.55. The zero-order valence-corrected chi connectivity index (χ0v) is 20.5. The maximum Gasteiger partial charge on any atom is 0.407 e. The van der Waals surface area contributed by atoms with E-state index in [-0.39, 0.29) is 23.7 Å². The lowest BCUT2D eigenvalue weighted by molar-refractivity contribution is -0.141. The zero-order valence-electron chi connectivity index (χ0n) is 20.5. The van der Waals surface area contributed by atoms with Crippen molar-refractivity contribution in [2.75, 3.05) is 13.1 Å². The minimum atomic E-state index is -0.830. The van der Waals surface area contributed by atoms with E-state index in [1.807, 2.05) is 0 Å². The number of ether oxygens (including phenoxy) is 1. The Balaban J connectivity index is 0.000000361. The third kappa shape index (κ3) is 10.9. The van der Waals surface area contributed by atoms with Gasteiger partial charge in [0, 0.05) is 6.54 Å². The molecule has 0 unspecified atom stereocenters. The fourth-order valence-corrected chi connectivity index (χ4v) is 4.35. The molecule has 8 heteroatoms. The van der Waals surface area contributed by atoms with Crippen LogP contribution in [0.3, 0.4) is 0 Å². The number of alkyl carbamates (subject to hydrolysis) is 1. The van der Waals surface area contributed by atoms with Crippen LogP contribution < -0.4 is 11.1 Å². The van der Waals surface area contributed by atoms with E-state index >= 15 is 0 Å². The number of amides is 1. The lowest BCUT2D eigenvalue weighted by atomic mass is 9.70. The Hall–Kier alpha value is -2.35. The summed E-state index contributed by atoms with van der Waals surface area (Å²) in [6.45, 7) is 14.0. The smallest absolute Gasteiger partial charge is 0.407 e. The number of rotatable bonds is 7. The molecular formula is C25H42N2O6. The fourth-order valence-electron chi connectivity index (χ4n) is 4.35. The van der Waals surface area contributed by atoms with E-state index in [0.29, 0.717) is 13.1 Å². The second kappa shape index (κ2) is 12.2. The Morgan fingerprint density at radius 2 is 1.30 bits per heavy atom. The van der Waals surface area contributed by atoms with Crippen molar-refractivity contribution < 1.29 is 29.3 Å². The first kappa shape index (κ1) is 28.7. The van der Waals surface area contributed by atoms with Crippen LogP contribution in [0.4, 0.5) is 4.79 Å². The molecule has 2 aliphatic carbocycles. The molecule has 0 aromatic heterocycles. The molecule has 0 atom stereocenters. The third-order valence-corrected chi connectivity index (χ3v) is 6.53. The lowest BCUT2D eigenvalue weighted by Gasteiger charge is -2.37. The lowest BCUT2D eigenvalue weighted by Crippen LogP contribution is -2.42. The summed E-state index contributed by atoms with van der Waals surface area (Å²) in [5, 5.41) is 20.5. The highest BCUT2D eigenvalue weighted by molar-refractivity contribution is 5.69. The predicted molar refractivity (Wildman–Crippen MR) is 128 cm³/mol. The number of nitrogens with two attached hydrogens (primary N) is 1. The van der Waals surface area contributed by atoms with E-state index in [2.05, 4.69) is 18.5 Å². The van der Waals surface area contributed by atoms with E-state index in [1.54, 1.807) is 20.8 Å². The maximum absolute atomic E-state index is 11.7. The SMILES string of the molecule is C=C1CCC(CN)(CC(=O)O)CC1.C=C1CCC(CNC(=O)OC(C)(C)C)(CC(=O)O)CC1. The molecule has 2 saturated carbocycles. The number of hydrogen-bond donors (Lipinski definition) is 4. The van der Waals surface area contributed by atoms with Gasteiger partial charge in [-0.3, -0.25) is 9.59 Å². The van der Waals surface area contributed by atoms with Crippen molar-refractivity contribution in [3.05, 3.63) is 24.3 Å². The summed E-state index contributed by atoms with van der Waals surface area (Å²) in [5.74, 6) is -1.57. The Kier molecular flexibility index (Phi) is 10.6. The first-order valence-corrected chi connectivity index (χ1v) is 11.6. The van der Waals surface area contributed by atoms with Crippen LogP contribution in [0.1, 0.15) is 85.0 Å². The number of nitrogens with one attached hydrogen (secondary N) is 1. The molecule has 188 valence electrons. The van der Waals surface area contributed by atoms with E-state index in [1.165, 1.54) is 5.57 Å². The number of carboxylic acids is 2. The van der Waals surface area contributed by atoms with Crippen LogP contribution in [-0.4, -0.2) is 46.9 Å². The zero-order chi connectivity index (χ0) is 25.3.